The lowest BCUT2D eigenvalue weighted by Gasteiger charge is -2.33. The van der Waals surface area contributed by atoms with Gasteiger partial charge in [0.05, 0.1) is 11.4 Å². The van der Waals surface area contributed by atoms with Gasteiger partial charge in [0.15, 0.2) is 6.04 Å². The van der Waals surface area contributed by atoms with Crippen molar-refractivity contribution in [3.8, 4) is 0 Å². The van der Waals surface area contributed by atoms with Gasteiger partial charge in [0.25, 0.3) is 0 Å². The van der Waals surface area contributed by atoms with Gasteiger partial charge >= 0.3 is 11.9 Å². The number of carboxylic acids is 1. The smallest absolute Gasteiger partial charge is 0.327 e. The van der Waals surface area contributed by atoms with Gasteiger partial charge in [-0.15, -0.1) is 0 Å². The summed E-state index contributed by atoms with van der Waals surface area (Å²) in [7, 11) is 0. The molecule has 2 N–H and O–H groups in total. The highest BCUT2D eigenvalue weighted by atomic mass is 32.1. The number of hydrogen-bond acceptors (Lipinski definition) is 6. The summed E-state index contributed by atoms with van der Waals surface area (Å²) < 4.78 is 5.04. The van der Waals surface area contributed by atoms with Crippen LogP contribution in [0.4, 0.5) is 0 Å². The number of carbonyl (C=O) groups is 2. The normalized spacial score (nSPS) is 14.1. The molecule has 0 aliphatic heterocycles. The molecule has 0 aromatic carbocycles. The molecule has 0 spiro atoms. The number of esters is 1. The lowest BCUT2D eigenvalue weighted by atomic mass is 9.99. The van der Waals surface area contributed by atoms with Crippen molar-refractivity contribution < 1.29 is 24.3 Å². The fourth-order valence-corrected chi connectivity index (χ4v) is 1.17. The summed E-state index contributed by atoms with van der Waals surface area (Å²) in [5, 5.41) is 9.14. The van der Waals surface area contributed by atoms with Crippen LogP contribution < -0.4 is 5.48 Å². The van der Waals surface area contributed by atoms with Crippen LogP contribution in [-0.2, 0) is 19.2 Å². The van der Waals surface area contributed by atoms with Crippen LogP contribution in [0.25, 0.3) is 0 Å². The molecule has 0 aromatic rings. The Hall–Kier alpha value is -0.790. The summed E-state index contributed by atoms with van der Waals surface area (Å²) in [6.45, 7) is 8.29. The lowest BCUT2D eigenvalue weighted by molar-refractivity contribution is -0.177. The quantitative estimate of drug-likeness (QED) is 0.382. The highest BCUT2D eigenvalue weighted by Gasteiger charge is 2.39. The first kappa shape index (κ1) is 17.2. The summed E-state index contributed by atoms with van der Waals surface area (Å²) in [5.74, 6) is -1.88. The third kappa shape index (κ3) is 6.23. The maximum atomic E-state index is 11.2. The molecule has 0 unspecified atom stereocenters. The number of hydrogen-bond donors (Lipinski definition) is 3. The minimum absolute atomic E-state index is 0.115. The molecular weight excluding hydrogens is 258 g/mol. The molecule has 106 valence electrons. The van der Waals surface area contributed by atoms with Gasteiger partial charge < -0.3 is 9.84 Å². The Kier molecular flexibility index (Phi) is 6.12. The van der Waals surface area contributed by atoms with Crippen molar-refractivity contribution in [1.82, 2.24) is 5.48 Å². The van der Waals surface area contributed by atoms with Crippen LogP contribution in [0, 0.1) is 0 Å². The maximum Gasteiger partial charge on any atom is 0.327 e. The molecule has 0 saturated heterocycles. The van der Waals surface area contributed by atoms with Crippen LogP contribution >= 0.6 is 12.6 Å². The first-order valence-corrected chi connectivity index (χ1v) is 6.12. The minimum Gasteiger partial charge on any atom is -0.480 e. The average molecular weight is 279 g/mol. The van der Waals surface area contributed by atoms with Crippen LogP contribution in [0.3, 0.4) is 0 Å². The molecule has 0 aromatic heterocycles. The molecule has 7 heteroatoms. The van der Waals surface area contributed by atoms with Crippen molar-refractivity contribution >= 4 is 24.6 Å². The van der Waals surface area contributed by atoms with Crippen molar-refractivity contribution in [2.45, 2.75) is 51.9 Å². The van der Waals surface area contributed by atoms with E-state index in [0.29, 0.717) is 0 Å². The SMILES string of the molecule is CC(C)(C)ON[C@H](C(=O)O)C(C)(C)OC(=O)CS. The number of rotatable bonds is 6. The standard InChI is InChI=1S/C11H21NO5S/c1-10(2,3)17-12-8(9(14)15)11(4,5)16-7(13)6-18/h8,12,18H,6H2,1-5H3,(H,14,15)/t8-/m1/s1. The van der Waals surface area contributed by atoms with Crippen molar-refractivity contribution in [1.29, 1.82) is 0 Å². The van der Waals surface area contributed by atoms with Crippen LogP contribution in [0.1, 0.15) is 34.6 Å². The molecule has 0 rings (SSSR count). The molecule has 0 heterocycles. The molecule has 18 heavy (non-hydrogen) atoms. The van der Waals surface area contributed by atoms with E-state index >= 15 is 0 Å². The lowest BCUT2D eigenvalue weighted by Crippen LogP contribution is -2.55. The van der Waals surface area contributed by atoms with Gasteiger partial charge in [0, 0.05) is 0 Å². The van der Waals surface area contributed by atoms with E-state index in [0.717, 1.165) is 0 Å². The molecule has 1 atom stereocenters. The third-order valence-electron chi connectivity index (χ3n) is 1.93. The summed E-state index contributed by atoms with van der Waals surface area (Å²) in [5.41, 5.74) is 0.616. The second-order valence-corrected chi connectivity index (χ2v) is 5.66. The van der Waals surface area contributed by atoms with Gasteiger partial charge in [-0.3, -0.25) is 14.4 Å². The van der Waals surface area contributed by atoms with Crippen LogP contribution in [0.2, 0.25) is 0 Å². The highest BCUT2D eigenvalue weighted by molar-refractivity contribution is 7.81. The van der Waals surface area contributed by atoms with Crippen molar-refractivity contribution in [3.63, 3.8) is 0 Å². The molecule has 0 saturated carbocycles. The summed E-state index contributed by atoms with van der Waals surface area (Å²) >= 11 is 3.77. The molecular formula is C11H21NO5S. The van der Waals surface area contributed by atoms with E-state index in [1.807, 2.05) is 0 Å². The van der Waals surface area contributed by atoms with Gasteiger partial charge in [-0.25, -0.2) is 0 Å². The van der Waals surface area contributed by atoms with Crippen molar-refractivity contribution in [3.05, 3.63) is 0 Å². The molecule has 0 aliphatic carbocycles. The molecule has 0 aliphatic rings. The van der Waals surface area contributed by atoms with Gasteiger partial charge in [0.1, 0.15) is 5.60 Å². The number of thiol groups is 1. The number of carbonyl (C=O) groups excluding carboxylic acids is 1. The molecule has 0 fully saturated rings. The average Bonchev–Trinajstić information content (AvgIpc) is 2.13. The Morgan fingerprint density at radius 2 is 1.78 bits per heavy atom. The topological polar surface area (TPSA) is 84.9 Å². The van der Waals surface area contributed by atoms with Crippen LogP contribution in [0.15, 0.2) is 0 Å². The first-order chi connectivity index (χ1) is 7.99. The van der Waals surface area contributed by atoms with E-state index in [1.54, 1.807) is 20.8 Å². The Balaban J connectivity index is 4.77. The van der Waals surface area contributed by atoms with Crippen molar-refractivity contribution in [2.24, 2.45) is 0 Å². The molecule has 0 radical (unpaired) electrons. The fraction of sp³-hybridized carbons (Fsp3) is 0.818. The molecule has 0 amide bonds. The van der Waals surface area contributed by atoms with Gasteiger partial charge in [-0.1, -0.05) is 0 Å². The van der Waals surface area contributed by atoms with Gasteiger partial charge in [0.2, 0.25) is 0 Å². The van der Waals surface area contributed by atoms with E-state index < -0.39 is 29.2 Å². The van der Waals surface area contributed by atoms with E-state index in [-0.39, 0.29) is 5.75 Å². The number of aliphatic carboxylic acids is 1. The zero-order valence-corrected chi connectivity index (χ0v) is 12.2. The second-order valence-electron chi connectivity index (χ2n) is 5.34. The zero-order chi connectivity index (χ0) is 14.6. The Bertz CT molecular complexity index is 311. The molecule has 0 bridgehead atoms. The zero-order valence-electron chi connectivity index (χ0n) is 11.3. The number of hydroxylamine groups is 1. The predicted octanol–water partition coefficient (Wildman–Crippen LogP) is 1.01. The van der Waals surface area contributed by atoms with E-state index in [1.165, 1.54) is 13.8 Å². The number of ether oxygens (including phenoxy) is 1. The first-order valence-electron chi connectivity index (χ1n) is 5.48. The molecule has 6 nitrogen and oxygen atoms in total. The summed E-state index contributed by atoms with van der Waals surface area (Å²) in [6, 6.07) is -1.18. The van der Waals surface area contributed by atoms with Crippen molar-refractivity contribution in [2.75, 3.05) is 5.75 Å². The van der Waals surface area contributed by atoms with Gasteiger partial charge in [-0.05, 0) is 34.6 Å². The fourth-order valence-electron chi connectivity index (χ4n) is 1.11. The monoisotopic (exact) mass is 279 g/mol. The summed E-state index contributed by atoms with van der Waals surface area (Å²) in [6.07, 6.45) is 0. The largest absolute Gasteiger partial charge is 0.480 e. The van der Waals surface area contributed by atoms with E-state index in [2.05, 4.69) is 18.1 Å². The number of nitrogens with one attached hydrogen (secondary N) is 1. The van der Waals surface area contributed by atoms with E-state index in [4.69, 9.17) is 14.7 Å². The maximum absolute atomic E-state index is 11.2. The van der Waals surface area contributed by atoms with Crippen LogP contribution in [-0.4, -0.2) is 40.0 Å². The summed E-state index contributed by atoms with van der Waals surface area (Å²) in [4.78, 5) is 27.6. The third-order valence-corrected chi connectivity index (χ3v) is 2.19. The predicted molar refractivity (Wildman–Crippen MR) is 69.4 cm³/mol. The Labute approximate surface area is 112 Å². The van der Waals surface area contributed by atoms with E-state index in [9.17, 15) is 9.59 Å². The minimum atomic E-state index is -1.25. The van der Waals surface area contributed by atoms with Gasteiger partial charge in [-0.2, -0.15) is 18.1 Å². The Morgan fingerprint density at radius 3 is 2.11 bits per heavy atom. The Morgan fingerprint density at radius 1 is 1.28 bits per heavy atom. The van der Waals surface area contributed by atoms with Crippen LogP contribution in [0.5, 0.6) is 0 Å². The second kappa shape index (κ2) is 6.40. The highest BCUT2D eigenvalue weighted by Crippen LogP contribution is 2.17. The number of carboxylic acid groups (broad SMARTS) is 1.